The smallest absolute Gasteiger partial charge is 0.237 e. The van der Waals surface area contributed by atoms with Crippen LogP contribution in [-0.2, 0) is 13.0 Å². The number of fused-ring (bicyclic) bond motifs is 2. The van der Waals surface area contributed by atoms with E-state index in [0.717, 1.165) is 36.2 Å². The zero-order chi connectivity index (χ0) is 22.9. The van der Waals surface area contributed by atoms with E-state index in [-0.39, 0.29) is 5.82 Å². The van der Waals surface area contributed by atoms with E-state index < -0.39 is 0 Å². The van der Waals surface area contributed by atoms with Gasteiger partial charge in [-0.2, -0.15) is 0 Å². The van der Waals surface area contributed by atoms with Gasteiger partial charge in [0.05, 0.1) is 31.0 Å². The molecular weight excluding hydrogens is 421 g/mol. The van der Waals surface area contributed by atoms with E-state index in [2.05, 4.69) is 22.2 Å². The summed E-state index contributed by atoms with van der Waals surface area (Å²) in [6.45, 7) is 1.78. The van der Waals surface area contributed by atoms with Gasteiger partial charge in [-0.15, -0.1) is 0 Å². The summed E-state index contributed by atoms with van der Waals surface area (Å²) in [5.74, 6) is 0.931. The molecule has 0 spiro atoms. The third-order valence-electron chi connectivity index (χ3n) is 5.84. The third kappa shape index (κ3) is 3.93. The third-order valence-corrected chi connectivity index (χ3v) is 5.84. The minimum atomic E-state index is -0.375. The van der Waals surface area contributed by atoms with E-state index in [1.165, 1.54) is 13.2 Å². The molecule has 3 heterocycles. The molecule has 1 aliphatic heterocycles. The first kappa shape index (κ1) is 21.1. The molecule has 0 bridgehead atoms. The summed E-state index contributed by atoms with van der Waals surface area (Å²) in [5.41, 5.74) is 4.49. The Balaban J connectivity index is 1.59. The zero-order valence-corrected chi connectivity index (χ0v) is 18.7. The van der Waals surface area contributed by atoms with Gasteiger partial charge in [-0.1, -0.05) is 24.3 Å². The van der Waals surface area contributed by atoms with E-state index in [1.807, 2.05) is 24.3 Å². The lowest BCUT2D eigenvalue weighted by Gasteiger charge is -2.25. The van der Waals surface area contributed by atoms with E-state index in [0.29, 0.717) is 39.9 Å². The molecule has 2 aromatic carbocycles. The number of methoxy groups -OCH3 is 2. The summed E-state index contributed by atoms with van der Waals surface area (Å²) in [7, 11) is 5.21. The van der Waals surface area contributed by atoms with Crippen molar-refractivity contribution in [3.63, 3.8) is 0 Å². The van der Waals surface area contributed by atoms with Crippen molar-refractivity contribution in [1.29, 1.82) is 0 Å². The van der Waals surface area contributed by atoms with Gasteiger partial charge in [-0.25, -0.2) is 19.3 Å². The summed E-state index contributed by atoms with van der Waals surface area (Å²) in [4.78, 5) is 16.1. The number of ether oxygens (including phenoxy) is 2. The summed E-state index contributed by atoms with van der Waals surface area (Å²) in [6.07, 6.45) is 2.59. The minimum Gasteiger partial charge on any atom is -0.496 e. The number of rotatable bonds is 5. The highest BCUT2D eigenvalue weighted by atomic mass is 19.1. The molecule has 1 aliphatic rings. The van der Waals surface area contributed by atoms with Crippen LogP contribution in [0.15, 0.2) is 48.7 Å². The van der Waals surface area contributed by atoms with Crippen molar-refractivity contribution in [2.75, 3.05) is 33.1 Å². The average Bonchev–Trinajstić information content (AvgIpc) is 2.83. The number of nitrogens with zero attached hydrogens (tertiary/aromatic N) is 4. The Bertz CT molecular complexity index is 1340. The van der Waals surface area contributed by atoms with Gasteiger partial charge in [0.25, 0.3) is 0 Å². The zero-order valence-electron chi connectivity index (χ0n) is 18.7. The fourth-order valence-corrected chi connectivity index (χ4v) is 4.21. The summed E-state index contributed by atoms with van der Waals surface area (Å²) >= 11 is 0. The molecule has 4 aromatic rings. The Hall–Kier alpha value is -3.78. The number of hydrogen-bond donors (Lipinski definition) is 1. The fourth-order valence-electron chi connectivity index (χ4n) is 4.21. The predicted molar refractivity (Wildman–Crippen MR) is 126 cm³/mol. The first-order chi connectivity index (χ1) is 16.1. The molecular formula is C25H24FN5O2. The number of benzene rings is 2. The van der Waals surface area contributed by atoms with Gasteiger partial charge in [0.2, 0.25) is 11.8 Å². The molecule has 0 saturated carbocycles. The first-order valence-corrected chi connectivity index (χ1v) is 10.7. The van der Waals surface area contributed by atoms with E-state index in [1.54, 1.807) is 25.4 Å². The fraction of sp³-hybridized carbons (Fsp3) is 0.240. The van der Waals surface area contributed by atoms with E-state index in [4.69, 9.17) is 19.4 Å². The Morgan fingerprint density at radius 3 is 2.73 bits per heavy atom. The van der Waals surface area contributed by atoms with Crippen LogP contribution in [0.1, 0.15) is 11.3 Å². The Morgan fingerprint density at radius 2 is 1.91 bits per heavy atom. The molecule has 0 amide bonds. The second-order valence-electron chi connectivity index (χ2n) is 8.02. The van der Waals surface area contributed by atoms with Gasteiger partial charge in [0.1, 0.15) is 17.3 Å². The van der Waals surface area contributed by atoms with Crippen LogP contribution in [0.2, 0.25) is 0 Å². The van der Waals surface area contributed by atoms with Gasteiger partial charge in [0.15, 0.2) is 0 Å². The molecule has 33 heavy (non-hydrogen) atoms. The molecule has 0 radical (unpaired) electrons. The van der Waals surface area contributed by atoms with Crippen LogP contribution in [0.3, 0.4) is 0 Å². The van der Waals surface area contributed by atoms with Gasteiger partial charge < -0.3 is 19.7 Å². The standard InChI is InChI=1S/C25H24FN5O2/c1-31-11-10-19-16(14-31)12-20(24(28-19)33-3)29-25-27-13-15-6-4-7-17(23(15)30-25)22-18(26)8-5-9-21(22)32-2/h4-9,12-13H,10-11,14H2,1-3H3,(H,27,29,30). The van der Waals surface area contributed by atoms with Crippen molar-refractivity contribution in [3.05, 3.63) is 65.7 Å². The average molecular weight is 445 g/mol. The summed E-state index contributed by atoms with van der Waals surface area (Å²) < 4.78 is 25.8. The number of anilines is 2. The molecule has 0 unspecified atom stereocenters. The SMILES string of the molecule is COc1cccc(F)c1-c1cccc2cnc(Nc3cc4c(nc3OC)CCN(C)C4)nc12. The van der Waals surface area contributed by atoms with E-state index in [9.17, 15) is 4.39 Å². The quantitative estimate of drug-likeness (QED) is 0.482. The molecule has 1 N–H and O–H groups in total. The van der Waals surface area contributed by atoms with Crippen LogP contribution < -0.4 is 14.8 Å². The normalized spacial score (nSPS) is 13.6. The number of hydrogen-bond acceptors (Lipinski definition) is 7. The van der Waals surface area contributed by atoms with Crippen molar-refractivity contribution in [1.82, 2.24) is 19.9 Å². The Kier molecular flexibility index (Phi) is 5.51. The van der Waals surface area contributed by atoms with Crippen LogP contribution in [-0.4, -0.2) is 47.7 Å². The van der Waals surface area contributed by atoms with Crippen LogP contribution in [0.5, 0.6) is 11.6 Å². The predicted octanol–water partition coefficient (Wildman–Crippen LogP) is 4.58. The van der Waals surface area contributed by atoms with Crippen LogP contribution in [0, 0.1) is 5.82 Å². The van der Waals surface area contributed by atoms with Crippen molar-refractivity contribution >= 4 is 22.5 Å². The van der Waals surface area contributed by atoms with Crippen molar-refractivity contribution in [3.8, 4) is 22.8 Å². The summed E-state index contributed by atoms with van der Waals surface area (Å²) in [6, 6.07) is 12.4. The second kappa shape index (κ2) is 8.63. The van der Waals surface area contributed by atoms with Crippen molar-refractivity contribution in [2.45, 2.75) is 13.0 Å². The lowest BCUT2D eigenvalue weighted by molar-refractivity contribution is 0.307. The number of halogens is 1. The lowest BCUT2D eigenvalue weighted by Crippen LogP contribution is -2.27. The summed E-state index contributed by atoms with van der Waals surface area (Å²) in [5, 5.41) is 4.04. The van der Waals surface area contributed by atoms with Gasteiger partial charge in [0, 0.05) is 36.7 Å². The van der Waals surface area contributed by atoms with E-state index >= 15 is 0 Å². The van der Waals surface area contributed by atoms with Crippen LogP contribution in [0.4, 0.5) is 16.0 Å². The maximum Gasteiger partial charge on any atom is 0.237 e. The highest BCUT2D eigenvalue weighted by molar-refractivity contribution is 5.95. The molecule has 0 fully saturated rings. The Morgan fingerprint density at radius 1 is 1.06 bits per heavy atom. The van der Waals surface area contributed by atoms with Gasteiger partial charge >= 0.3 is 0 Å². The van der Waals surface area contributed by atoms with Crippen LogP contribution in [0.25, 0.3) is 22.0 Å². The molecule has 0 aliphatic carbocycles. The van der Waals surface area contributed by atoms with Crippen LogP contribution >= 0.6 is 0 Å². The van der Waals surface area contributed by atoms with Crippen molar-refractivity contribution in [2.24, 2.45) is 0 Å². The first-order valence-electron chi connectivity index (χ1n) is 10.7. The molecule has 0 atom stereocenters. The number of para-hydroxylation sites is 1. The topological polar surface area (TPSA) is 72.4 Å². The highest BCUT2D eigenvalue weighted by Gasteiger charge is 2.20. The van der Waals surface area contributed by atoms with Crippen molar-refractivity contribution < 1.29 is 13.9 Å². The largest absolute Gasteiger partial charge is 0.496 e. The highest BCUT2D eigenvalue weighted by Crippen LogP contribution is 2.37. The number of aromatic nitrogens is 3. The molecule has 8 heteroatoms. The van der Waals surface area contributed by atoms with Gasteiger partial charge in [-0.05, 0) is 30.8 Å². The molecule has 2 aromatic heterocycles. The number of likely N-dealkylation sites (N-methyl/N-ethyl adjacent to an activating group) is 1. The number of pyridine rings is 1. The molecule has 5 rings (SSSR count). The molecule has 0 saturated heterocycles. The monoisotopic (exact) mass is 445 g/mol. The molecule has 168 valence electrons. The minimum absolute atomic E-state index is 0.367. The lowest BCUT2D eigenvalue weighted by atomic mass is 10.0. The second-order valence-corrected chi connectivity index (χ2v) is 8.02. The Labute approximate surface area is 191 Å². The maximum absolute atomic E-state index is 14.8. The van der Waals surface area contributed by atoms with Gasteiger partial charge in [-0.3, -0.25) is 0 Å². The number of nitrogens with one attached hydrogen (secondary N) is 1. The maximum atomic E-state index is 14.8. The molecule has 7 nitrogen and oxygen atoms in total.